The Morgan fingerprint density at radius 2 is 1.74 bits per heavy atom. The lowest BCUT2D eigenvalue weighted by Crippen LogP contribution is -2.34. The molecule has 0 fully saturated rings. The second kappa shape index (κ2) is 9.29. The Labute approximate surface area is 133 Å². The molecular formula is C15H19NO7. The van der Waals surface area contributed by atoms with E-state index in [9.17, 15) is 14.4 Å². The minimum absolute atomic E-state index is 0.0486. The van der Waals surface area contributed by atoms with Crippen LogP contribution in [0.3, 0.4) is 0 Å². The van der Waals surface area contributed by atoms with Crippen LogP contribution in [-0.4, -0.2) is 45.4 Å². The van der Waals surface area contributed by atoms with Crippen molar-refractivity contribution in [2.45, 2.75) is 13.3 Å². The summed E-state index contributed by atoms with van der Waals surface area (Å²) in [6.45, 7) is 1.18. The van der Waals surface area contributed by atoms with Crippen LogP contribution in [0, 0.1) is 0 Å². The number of esters is 1. The standard InChI is InChI=1S/C15H19NO7/c1-4-22-15(19)16-13(17)9-23-14(18)8-10-5-6-11(20-2)12(7-10)21-3/h5-7H,4,8-9H2,1-3H3,(H,16,17,19). The lowest BCUT2D eigenvalue weighted by Gasteiger charge is -2.09. The van der Waals surface area contributed by atoms with Crippen molar-refractivity contribution >= 4 is 18.0 Å². The van der Waals surface area contributed by atoms with Gasteiger partial charge in [-0.2, -0.15) is 0 Å². The third-order valence-electron chi connectivity index (χ3n) is 2.68. The SMILES string of the molecule is CCOC(=O)NC(=O)COC(=O)Cc1ccc(OC)c(OC)c1. The number of carbonyl (C=O) groups excluding carboxylic acids is 3. The summed E-state index contributed by atoms with van der Waals surface area (Å²) in [6, 6.07) is 4.98. The third kappa shape index (κ3) is 6.25. The van der Waals surface area contributed by atoms with E-state index in [0.29, 0.717) is 17.1 Å². The van der Waals surface area contributed by atoms with Gasteiger partial charge in [0, 0.05) is 0 Å². The summed E-state index contributed by atoms with van der Waals surface area (Å²) in [5, 5.41) is 1.92. The van der Waals surface area contributed by atoms with Crippen LogP contribution in [0.25, 0.3) is 0 Å². The molecule has 1 N–H and O–H groups in total. The summed E-state index contributed by atoms with van der Waals surface area (Å²) in [5.74, 6) is -0.350. The van der Waals surface area contributed by atoms with Gasteiger partial charge in [-0.1, -0.05) is 6.07 Å². The molecule has 1 aromatic carbocycles. The molecule has 0 heterocycles. The molecule has 126 valence electrons. The summed E-state index contributed by atoms with van der Waals surface area (Å²) < 4.78 is 19.5. The van der Waals surface area contributed by atoms with Gasteiger partial charge in [-0.25, -0.2) is 4.79 Å². The molecule has 8 heteroatoms. The number of nitrogens with one attached hydrogen (secondary N) is 1. The quantitative estimate of drug-likeness (QED) is 0.748. The molecule has 0 radical (unpaired) electrons. The highest BCUT2D eigenvalue weighted by molar-refractivity contribution is 5.93. The van der Waals surface area contributed by atoms with Gasteiger partial charge in [0.2, 0.25) is 0 Å². The topological polar surface area (TPSA) is 100 Å². The highest BCUT2D eigenvalue weighted by Crippen LogP contribution is 2.27. The molecule has 0 aliphatic heterocycles. The number of methoxy groups -OCH3 is 2. The van der Waals surface area contributed by atoms with Crippen LogP contribution in [0.5, 0.6) is 11.5 Å². The smallest absolute Gasteiger partial charge is 0.413 e. The molecule has 0 aliphatic carbocycles. The second-order valence-electron chi connectivity index (χ2n) is 4.30. The zero-order chi connectivity index (χ0) is 17.2. The van der Waals surface area contributed by atoms with Gasteiger partial charge < -0.3 is 18.9 Å². The molecule has 0 saturated carbocycles. The Kier molecular flexibility index (Phi) is 7.38. The van der Waals surface area contributed by atoms with Crippen LogP contribution in [0.1, 0.15) is 12.5 Å². The first-order chi connectivity index (χ1) is 11.0. The molecule has 0 spiro atoms. The second-order valence-corrected chi connectivity index (χ2v) is 4.30. The van der Waals surface area contributed by atoms with Crippen molar-refractivity contribution < 1.29 is 33.3 Å². The summed E-state index contributed by atoms with van der Waals surface area (Å²) in [7, 11) is 2.99. The predicted molar refractivity (Wildman–Crippen MR) is 79.4 cm³/mol. The molecular weight excluding hydrogens is 306 g/mol. The average molecular weight is 325 g/mol. The molecule has 1 rings (SSSR count). The van der Waals surface area contributed by atoms with Crippen molar-refractivity contribution in [3.8, 4) is 11.5 Å². The maximum absolute atomic E-state index is 11.7. The van der Waals surface area contributed by atoms with Crippen molar-refractivity contribution in [1.82, 2.24) is 5.32 Å². The van der Waals surface area contributed by atoms with E-state index >= 15 is 0 Å². The molecule has 1 aromatic rings. The van der Waals surface area contributed by atoms with Gasteiger partial charge in [0.25, 0.3) is 5.91 Å². The Hall–Kier alpha value is -2.77. The van der Waals surface area contributed by atoms with Gasteiger partial charge >= 0.3 is 12.1 Å². The zero-order valence-electron chi connectivity index (χ0n) is 13.2. The maximum atomic E-state index is 11.7. The summed E-state index contributed by atoms with van der Waals surface area (Å²) in [6.07, 6.45) is -0.930. The summed E-state index contributed by atoms with van der Waals surface area (Å²) in [5.41, 5.74) is 0.637. The van der Waals surface area contributed by atoms with Crippen molar-refractivity contribution in [3.05, 3.63) is 23.8 Å². The van der Waals surface area contributed by atoms with Crippen LogP contribution in [0.15, 0.2) is 18.2 Å². The fourth-order valence-corrected chi connectivity index (χ4v) is 1.67. The van der Waals surface area contributed by atoms with Gasteiger partial charge in [-0.3, -0.25) is 14.9 Å². The van der Waals surface area contributed by atoms with E-state index in [1.54, 1.807) is 25.1 Å². The first-order valence-electron chi connectivity index (χ1n) is 6.83. The molecule has 8 nitrogen and oxygen atoms in total. The molecule has 0 saturated heterocycles. The monoisotopic (exact) mass is 325 g/mol. The fourth-order valence-electron chi connectivity index (χ4n) is 1.67. The Bertz CT molecular complexity index is 571. The van der Waals surface area contributed by atoms with E-state index < -0.39 is 24.6 Å². The predicted octanol–water partition coefficient (Wildman–Crippen LogP) is 1.06. The van der Waals surface area contributed by atoms with Crippen LogP contribution in [0.4, 0.5) is 4.79 Å². The number of hydrogen-bond acceptors (Lipinski definition) is 7. The lowest BCUT2D eigenvalue weighted by atomic mass is 10.1. The van der Waals surface area contributed by atoms with E-state index in [1.807, 2.05) is 5.32 Å². The Morgan fingerprint density at radius 3 is 2.35 bits per heavy atom. The molecule has 0 aromatic heterocycles. The third-order valence-corrected chi connectivity index (χ3v) is 2.68. The van der Waals surface area contributed by atoms with E-state index in [0.717, 1.165) is 0 Å². The van der Waals surface area contributed by atoms with Crippen molar-refractivity contribution in [1.29, 1.82) is 0 Å². The number of ether oxygens (including phenoxy) is 4. The minimum Gasteiger partial charge on any atom is -0.493 e. The largest absolute Gasteiger partial charge is 0.493 e. The first-order valence-corrected chi connectivity index (χ1v) is 6.83. The molecule has 2 amide bonds. The molecule has 0 aliphatic rings. The van der Waals surface area contributed by atoms with Gasteiger partial charge in [-0.15, -0.1) is 0 Å². The van der Waals surface area contributed by atoms with Crippen LogP contribution >= 0.6 is 0 Å². The summed E-state index contributed by atoms with van der Waals surface area (Å²) >= 11 is 0. The van der Waals surface area contributed by atoms with E-state index in [4.69, 9.17) is 14.2 Å². The Balaban J connectivity index is 2.48. The molecule has 0 unspecified atom stereocenters. The number of benzene rings is 1. The van der Waals surface area contributed by atoms with Crippen molar-refractivity contribution in [2.75, 3.05) is 27.4 Å². The van der Waals surface area contributed by atoms with Gasteiger partial charge in [-0.05, 0) is 24.6 Å². The van der Waals surface area contributed by atoms with E-state index in [-0.39, 0.29) is 13.0 Å². The fraction of sp³-hybridized carbons (Fsp3) is 0.400. The normalized spacial score (nSPS) is 9.70. The number of amides is 2. The number of rotatable bonds is 7. The van der Waals surface area contributed by atoms with Gasteiger partial charge in [0.05, 0.1) is 27.2 Å². The Morgan fingerprint density at radius 1 is 1.04 bits per heavy atom. The molecule has 23 heavy (non-hydrogen) atoms. The first kappa shape index (κ1) is 18.3. The number of alkyl carbamates (subject to hydrolysis) is 1. The zero-order valence-corrected chi connectivity index (χ0v) is 13.2. The minimum atomic E-state index is -0.881. The highest BCUT2D eigenvalue weighted by atomic mass is 16.6. The number of carbonyl (C=O) groups is 3. The van der Waals surface area contributed by atoms with E-state index in [1.165, 1.54) is 14.2 Å². The highest BCUT2D eigenvalue weighted by Gasteiger charge is 2.13. The molecule has 0 bridgehead atoms. The maximum Gasteiger partial charge on any atom is 0.413 e. The van der Waals surface area contributed by atoms with Crippen molar-refractivity contribution in [2.24, 2.45) is 0 Å². The number of hydrogen-bond donors (Lipinski definition) is 1. The van der Waals surface area contributed by atoms with Crippen molar-refractivity contribution in [3.63, 3.8) is 0 Å². The van der Waals surface area contributed by atoms with E-state index in [2.05, 4.69) is 4.74 Å². The van der Waals surface area contributed by atoms with Crippen LogP contribution < -0.4 is 14.8 Å². The molecule has 0 atom stereocenters. The summed E-state index contributed by atoms with van der Waals surface area (Å²) in [4.78, 5) is 34.0. The lowest BCUT2D eigenvalue weighted by molar-refractivity contribution is -0.147. The number of imide groups is 1. The van der Waals surface area contributed by atoms with Gasteiger partial charge in [0.1, 0.15) is 0 Å². The van der Waals surface area contributed by atoms with Crippen LogP contribution in [-0.2, 0) is 25.5 Å². The van der Waals surface area contributed by atoms with Crippen LogP contribution in [0.2, 0.25) is 0 Å². The average Bonchev–Trinajstić information content (AvgIpc) is 2.53. The van der Waals surface area contributed by atoms with Gasteiger partial charge in [0.15, 0.2) is 18.1 Å².